The van der Waals surface area contributed by atoms with Gasteiger partial charge in [0.05, 0.1) is 12.5 Å². The zero-order chi connectivity index (χ0) is 26.5. The van der Waals surface area contributed by atoms with Crippen LogP contribution in [-0.4, -0.2) is 100.0 Å². The molecule has 0 saturated carbocycles. The van der Waals surface area contributed by atoms with Gasteiger partial charge in [0, 0.05) is 13.1 Å². The zero-order valence-corrected chi connectivity index (χ0v) is 20.5. The summed E-state index contributed by atoms with van der Waals surface area (Å²) in [6.07, 6.45) is 2.52. The van der Waals surface area contributed by atoms with Gasteiger partial charge in [0.2, 0.25) is 17.7 Å². The number of carbonyl (C=O) groups is 5. The van der Waals surface area contributed by atoms with E-state index in [0.29, 0.717) is 25.0 Å². The second-order valence-electron chi connectivity index (χ2n) is 8.08. The van der Waals surface area contributed by atoms with Crippen molar-refractivity contribution in [3.05, 3.63) is 0 Å². The summed E-state index contributed by atoms with van der Waals surface area (Å²) in [5.74, 6) is -4.26. The van der Waals surface area contributed by atoms with Crippen LogP contribution in [0.4, 0.5) is 0 Å². The first-order valence-electron chi connectivity index (χ1n) is 11.1. The molecule has 1 fully saturated rings. The van der Waals surface area contributed by atoms with Gasteiger partial charge in [0.15, 0.2) is 5.96 Å². The molecular formula is C20H35N7O7S. The van der Waals surface area contributed by atoms with Gasteiger partial charge in [-0.15, -0.1) is 0 Å². The van der Waals surface area contributed by atoms with Gasteiger partial charge in [0.25, 0.3) is 0 Å². The van der Waals surface area contributed by atoms with Gasteiger partial charge < -0.3 is 42.9 Å². The number of carbonyl (C=O) groups excluding carboxylic acids is 3. The second-order valence-corrected chi connectivity index (χ2v) is 9.07. The van der Waals surface area contributed by atoms with E-state index in [1.54, 1.807) is 0 Å². The van der Waals surface area contributed by atoms with Crippen LogP contribution in [0, 0.1) is 0 Å². The van der Waals surface area contributed by atoms with E-state index >= 15 is 0 Å². The monoisotopic (exact) mass is 517 g/mol. The number of aliphatic carboxylic acids is 2. The van der Waals surface area contributed by atoms with Gasteiger partial charge in [-0.3, -0.25) is 24.2 Å². The van der Waals surface area contributed by atoms with Crippen LogP contribution in [0.2, 0.25) is 0 Å². The minimum absolute atomic E-state index is 0.0824. The third-order valence-electron chi connectivity index (χ3n) is 5.36. The van der Waals surface area contributed by atoms with Gasteiger partial charge in [-0.2, -0.15) is 11.8 Å². The molecule has 3 amide bonds. The predicted octanol–water partition coefficient (Wildman–Crippen LogP) is -2.36. The number of nitrogens with one attached hydrogen (secondary N) is 2. The largest absolute Gasteiger partial charge is 0.481 e. The first kappa shape index (κ1) is 30.0. The summed E-state index contributed by atoms with van der Waals surface area (Å²) in [6.45, 7) is 0.302. The van der Waals surface area contributed by atoms with Crippen LogP contribution in [0.3, 0.4) is 0 Å². The Labute approximate surface area is 207 Å². The highest BCUT2D eigenvalue weighted by atomic mass is 32.2. The Morgan fingerprint density at radius 1 is 1.09 bits per heavy atom. The first-order chi connectivity index (χ1) is 16.5. The van der Waals surface area contributed by atoms with Gasteiger partial charge in [-0.05, 0) is 44.1 Å². The number of hydrogen-bond acceptors (Lipinski definition) is 8. The van der Waals surface area contributed by atoms with Crippen molar-refractivity contribution in [2.24, 2.45) is 22.2 Å². The molecule has 1 aliphatic heterocycles. The topological polar surface area (TPSA) is 244 Å². The van der Waals surface area contributed by atoms with Crippen molar-refractivity contribution in [1.82, 2.24) is 15.5 Å². The van der Waals surface area contributed by atoms with E-state index in [-0.39, 0.29) is 31.9 Å². The minimum atomic E-state index is -1.51. The molecule has 1 saturated heterocycles. The Morgan fingerprint density at radius 3 is 2.31 bits per heavy atom. The number of nitrogens with zero attached hydrogens (tertiary/aromatic N) is 2. The average Bonchev–Trinajstić information content (AvgIpc) is 3.28. The van der Waals surface area contributed by atoms with E-state index in [2.05, 4.69) is 15.6 Å². The van der Waals surface area contributed by atoms with Crippen molar-refractivity contribution >= 4 is 47.4 Å². The molecule has 4 atom stereocenters. The number of thioether (sulfide) groups is 1. The summed E-state index contributed by atoms with van der Waals surface area (Å²) in [6, 6.07) is -4.62. The third-order valence-corrected chi connectivity index (χ3v) is 6.01. The molecule has 0 aromatic rings. The van der Waals surface area contributed by atoms with E-state index in [1.807, 2.05) is 6.26 Å². The maximum Gasteiger partial charge on any atom is 0.326 e. The van der Waals surface area contributed by atoms with Gasteiger partial charge in [-0.1, -0.05) is 0 Å². The van der Waals surface area contributed by atoms with Crippen LogP contribution in [0.5, 0.6) is 0 Å². The van der Waals surface area contributed by atoms with Crippen molar-refractivity contribution < 1.29 is 34.2 Å². The standard InChI is InChI=1S/C20H35N7O7S/c1-35-9-6-11(21)16(30)25-12(4-2-7-24-20(22)23)17(31)26-13(10-15(28)29)18(32)27-8-3-5-14(27)19(33)34/h11-14H,2-10,21H2,1H3,(H,25,30)(H,26,31)(H,28,29)(H,33,34)(H4,22,23,24)/t11-,12-,13-,14-/m0/s1. The number of amides is 3. The predicted molar refractivity (Wildman–Crippen MR) is 129 cm³/mol. The van der Waals surface area contributed by atoms with Crippen molar-refractivity contribution in [2.45, 2.75) is 62.7 Å². The van der Waals surface area contributed by atoms with Crippen LogP contribution >= 0.6 is 11.8 Å². The lowest BCUT2D eigenvalue weighted by molar-refractivity contribution is -0.150. The van der Waals surface area contributed by atoms with Crippen LogP contribution in [-0.2, 0) is 24.0 Å². The smallest absolute Gasteiger partial charge is 0.326 e. The van der Waals surface area contributed by atoms with E-state index in [0.717, 1.165) is 4.90 Å². The highest BCUT2D eigenvalue weighted by molar-refractivity contribution is 7.98. The summed E-state index contributed by atoms with van der Waals surface area (Å²) in [5, 5.41) is 23.5. The van der Waals surface area contributed by atoms with Crippen LogP contribution in [0.25, 0.3) is 0 Å². The lowest BCUT2D eigenvalue weighted by atomic mass is 10.1. The summed E-state index contributed by atoms with van der Waals surface area (Å²) in [5.41, 5.74) is 16.5. The summed E-state index contributed by atoms with van der Waals surface area (Å²) in [4.78, 5) is 66.2. The summed E-state index contributed by atoms with van der Waals surface area (Å²) in [7, 11) is 0. The molecule has 35 heavy (non-hydrogen) atoms. The number of carboxylic acid groups (broad SMARTS) is 2. The maximum absolute atomic E-state index is 13.0. The molecule has 14 nitrogen and oxygen atoms in total. The molecule has 1 rings (SSSR count). The molecule has 0 aliphatic carbocycles. The Balaban J connectivity index is 3.01. The quantitative estimate of drug-likeness (QED) is 0.0688. The molecule has 0 bridgehead atoms. The molecule has 1 aliphatic rings. The Morgan fingerprint density at radius 2 is 1.74 bits per heavy atom. The minimum Gasteiger partial charge on any atom is -0.481 e. The third kappa shape index (κ3) is 10.4. The summed E-state index contributed by atoms with van der Waals surface area (Å²) < 4.78 is 0. The Kier molecular flexibility index (Phi) is 12.9. The van der Waals surface area contributed by atoms with Crippen LogP contribution in [0.15, 0.2) is 4.99 Å². The fraction of sp³-hybridized carbons (Fsp3) is 0.700. The highest BCUT2D eigenvalue weighted by Gasteiger charge is 2.39. The highest BCUT2D eigenvalue weighted by Crippen LogP contribution is 2.19. The van der Waals surface area contributed by atoms with E-state index in [1.165, 1.54) is 11.8 Å². The molecule has 0 spiro atoms. The molecule has 0 unspecified atom stereocenters. The van der Waals surface area contributed by atoms with Gasteiger partial charge >= 0.3 is 11.9 Å². The van der Waals surface area contributed by atoms with Crippen LogP contribution in [0.1, 0.15) is 38.5 Å². The lowest BCUT2D eigenvalue weighted by Crippen LogP contribution is -2.57. The van der Waals surface area contributed by atoms with E-state index in [4.69, 9.17) is 17.2 Å². The van der Waals surface area contributed by atoms with Gasteiger partial charge in [-0.25, -0.2) is 4.79 Å². The molecule has 0 aromatic heterocycles. The fourth-order valence-electron chi connectivity index (χ4n) is 3.56. The zero-order valence-electron chi connectivity index (χ0n) is 19.6. The number of aliphatic imine (C=N–C) groups is 1. The molecule has 1 heterocycles. The molecular weight excluding hydrogens is 482 g/mol. The maximum atomic E-state index is 13.0. The number of nitrogens with two attached hydrogens (primary N) is 3. The number of likely N-dealkylation sites (tertiary alicyclic amines) is 1. The second kappa shape index (κ2) is 15.0. The van der Waals surface area contributed by atoms with Crippen molar-refractivity contribution in [3.8, 4) is 0 Å². The molecule has 0 aromatic carbocycles. The molecule has 15 heteroatoms. The Bertz CT molecular complexity index is 807. The number of rotatable bonds is 15. The molecule has 10 N–H and O–H groups in total. The number of guanidine groups is 1. The molecule has 0 radical (unpaired) electrons. The number of hydrogen-bond donors (Lipinski definition) is 7. The van der Waals surface area contributed by atoms with Crippen molar-refractivity contribution in [2.75, 3.05) is 25.1 Å². The summed E-state index contributed by atoms with van der Waals surface area (Å²) >= 11 is 1.51. The number of carboxylic acids is 2. The normalized spacial score (nSPS) is 17.7. The van der Waals surface area contributed by atoms with Crippen molar-refractivity contribution in [3.63, 3.8) is 0 Å². The van der Waals surface area contributed by atoms with Crippen LogP contribution < -0.4 is 27.8 Å². The SMILES string of the molecule is CSCC[C@H](N)C(=O)N[C@@H](CCCN=C(N)N)C(=O)N[C@@H](CC(=O)O)C(=O)N1CCC[C@H]1C(=O)O. The lowest BCUT2D eigenvalue weighted by Gasteiger charge is -2.28. The average molecular weight is 518 g/mol. The first-order valence-corrected chi connectivity index (χ1v) is 12.5. The van der Waals surface area contributed by atoms with Gasteiger partial charge in [0.1, 0.15) is 18.1 Å². The molecule has 198 valence electrons. The van der Waals surface area contributed by atoms with E-state index < -0.39 is 60.2 Å². The Hall–Kier alpha value is -3.07. The van der Waals surface area contributed by atoms with Crippen molar-refractivity contribution in [1.29, 1.82) is 0 Å². The fourth-order valence-corrected chi connectivity index (χ4v) is 4.05. The van der Waals surface area contributed by atoms with E-state index in [9.17, 15) is 34.2 Å².